The third-order valence-corrected chi connectivity index (χ3v) is 4.60. The molecule has 0 aromatic heterocycles. The number of hydrogen-bond acceptors (Lipinski definition) is 3. The summed E-state index contributed by atoms with van der Waals surface area (Å²) in [4.78, 5) is 11.9. The third-order valence-electron chi connectivity index (χ3n) is 3.86. The van der Waals surface area contributed by atoms with Crippen LogP contribution in [0.5, 0.6) is 0 Å². The molecule has 0 aliphatic carbocycles. The number of halogens is 2. The average molecular weight is 378 g/mol. The fourth-order valence-electron chi connectivity index (χ4n) is 2.36. The zero-order chi connectivity index (χ0) is 18.2. The van der Waals surface area contributed by atoms with E-state index in [1.54, 1.807) is 24.3 Å². The summed E-state index contributed by atoms with van der Waals surface area (Å²) in [7, 11) is 0. The minimum absolute atomic E-state index is 0.0000247. The molecule has 0 aliphatic heterocycles. The third kappa shape index (κ3) is 6.29. The van der Waals surface area contributed by atoms with Gasteiger partial charge in [0.05, 0.1) is 16.1 Å². The van der Waals surface area contributed by atoms with Crippen LogP contribution < -0.4 is 5.32 Å². The largest absolute Gasteiger partial charge is 0.387 e. The van der Waals surface area contributed by atoms with Crippen LogP contribution in [-0.2, 0) is 4.79 Å². The van der Waals surface area contributed by atoms with Crippen LogP contribution in [0.15, 0.2) is 54.6 Å². The van der Waals surface area contributed by atoms with Crippen LogP contribution in [0, 0.1) is 0 Å². The molecule has 2 N–H and O–H groups in total. The minimum Gasteiger partial charge on any atom is -0.387 e. The zero-order valence-electron chi connectivity index (χ0n) is 14.0. The molecule has 2 atom stereocenters. The number of allylic oxidation sites excluding steroid dienone is 1. The van der Waals surface area contributed by atoms with E-state index < -0.39 is 6.10 Å². The summed E-state index contributed by atoms with van der Waals surface area (Å²) in [5, 5.41) is 14.4. The van der Waals surface area contributed by atoms with Crippen molar-refractivity contribution in [2.24, 2.45) is 0 Å². The highest BCUT2D eigenvalue weighted by atomic mass is 35.5. The zero-order valence-corrected chi connectivity index (χ0v) is 15.5. The molecule has 0 saturated heterocycles. The second-order valence-electron chi connectivity index (χ2n) is 5.82. The molecule has 2 aromatic carbocycles. The van der Waals surface area contributed by atoms with E-state index in [0.717, 1.165) is 11.1 Å². The maximum absolute atomic E-state index is 11.9. The number of carbonyl (C=O) groups excluding carboxylic acids is 1. The molecule has 0 fully saturated rings. The standard InChI is InChI=1S/C20H21Cl2NO2/c1-14(20(25)16-5-3-2-4-6-16)23-12-11-17(24)9-7-15-8-10-18(21)19(22)13-15/h2-10,13-14,20,23,25H,11-12H2,1H3/b9-7+. The van der Waals surface area contributed by atoms with Crippen LogP contribution in [0.1, 0.15) is 30.6 Å². The van der Waals surface area contributed by atoms with Gasteiger partial charge in [-0.1, -0.05) is 65.7 Å². The van der Waals surface area contributed by atoms with Gasteiger partial charge in [-0.3, -0.25) is 4.79 Å². The second-order valence-corrected chi connectivity index (χ2v) is 6.64. The van der Waals surface area contributed by atoms with Crippen LogP contribution in [0.2, 0.25) is 10.0 Å². The van der Waals surface area contributed by atoms with E-state index in [1.807, 2.05) is 37.3 Å². The van der Waals surface area contributed by atoms with Crippen LogP contribution >= 0.6 is 23.2 Å². The number of carbonyl (C=O) groups is 1. The van der Waals surface area contributed by atoms with E-state index in [2.05, 4.69) is 5.32 Å². The minimum atomic E-state index is -0.608. The summed E-state index contributed by atoms with van der Waals surface area (Å²) in [5.74, 6) is -0.0000247. The van der Waals surface area contributed by atoms with Gasteiger partial charge >= 0.3 is 0 Å². The molecule has 2 rings (SSSR count). The molecule has 0 bridgehead atoms. The van der Waals surface area contributed by atoms with Crippen LogP contribution in [0.4, 0.5) is 0 Å². The summed E-state index contributed by atoms with van der Waals surface area (Å²) < 4.78 is 0. The van der Waals surface area contributed by atoms with E-state index in [9.17, 15) is 9.90 Å². The van der Waals surface area contributed by atoms with Crippen LogP contribution in [0.3, 0.4) is 0 Å². The first-order chi connectivity index (χ1) is 12.0. The van der Waals surface area contributed by atoms with Crippen molar-refractivity contribution < 1.29 is 9.90 Å². The summed E-state index contributed by atoms with van der Waals surface area (Å²) in [6, 6.07) is 14.5. The van der Waals surface area contributed by atoms with E-state index in [1.165, 1.54) is 6.08 Å². The summed E-state index contributed by atoms with van der Waals surface area (Å²) in [6.07, 6.45) is 2.98. The number of ketones is 1. The Balaban J connectivity index is 1.78. The van der Waals surface area contributed by atoms with Gasteiger partial charge in [0.1, 0.15) is 0 Å². The van der Waals surface area contributed by atoms with Crippen molar-refractivity contribution >= 4 is 35.1 Å². The van der Waals surface area contributed by atoms with Crippen molar-refractivity contribution in [1.29, 1.82) is 0 Å². The lowest BCUT2D eigenvalue weighted by atomic mass is 10.0. The number of aliphatic hydroxyl groups is 1. The molecule has 0 spiro atoms. The van der Waals surface area contributed by atoms with Crippen molar-refractivity contribution in [3.8, 4) is 0 Å². The molecule has 132 valence electrons. The SMILES string of the molecule is CC(NCCC(=O)/C=C/c1ccc(Cl)c(Cl)c1)C(O)c1ccccc1. The maximum Gasteiger partial charge on any atom is 0.156 e. The van der Waals surface area contributed by atoms with Crippen LogP contribution in [-0.4, -0.2) is 23.5 Å². The Kier molecular flexibility index (Phi) is 7.66. The highest BCUT2D eigenvalue weighted by Crippen LogP contribution is 2.23. The van der Waals surface area contributed by atoms with Gasteiger partial charge in [0, 0.05) is 19.0 Å². The van der Waals surface area contributed by atoms with E-state index >= 15 is 0 Å². The predicted molar refractivity (Wildman–Crippen MR) is 104 cm³/mol. The van der Waals surface area contributed by atoms with Gasteiger partial charge in [0.15, 0.2) is 5.78 Å². The molecule has 2 unspecified atom stereocenters. The number of hydrogen-bond donors (Lipinski definition) is 2. The molecule has 0 amide bonds. The summed E-state index contributed by atoms with van der Waals surface area (Å²) in [5.41, 5.74) is 1.68. The highest BCUT2D eigenvalue weighted by molar-refractivity contribution is 6.42. The lowest BCUT2D eigenvalue weighted by molar-refractivity contribution is -0.114. The molecule has 2 aromatic rings. The van der Waals surface area contributed by atoms with Crippen molar-refractivity contribution in [2.75, 3.05) is 6.54 Å². The van der Waals surface area contributed by atoms with Gasteiger partial charge in [-0.15, -0.1) is 0 Å². The van der Waals surface area contributed by atoms with Crippen molar-refractivity contribution in [3.05, 3.63) is 75.8 Å². The highest BCUT2D eigenvalue weighted by Gasteiger charge is 2.15. The Morgan fingerprint density at radius 2 is 1.88 bits per heavy atom. The summed E-state index contributed by atoms with van der Waals surface area (Å²) in [6.45, 7) is 2.39. The van der Waals surface area contributed by atoms with Gasteiger partial charge in [-0.2, -0.15) is 0 Å². The van der Waals surface area contributed by atoms with Crippen molar-refractivity contribution in [2.45, 2.75) is 25.5 Å². The fraction of sp³-hybridized carbons (Fsp3) is 0.250. The predicted octanol–water partition coefficient (Wildman–Crippen LogP) is 4.68. The Labute approximate surface area is 158 Å². The number of benzene rings is 2. The molecule has 0 heterocycles. The van der Waals surface area contributed by atoms with Gasteiger partial charge in [0.25, 0.3) is 0 Å². The van der Waals surface area contributed by atoms with E-state index in [-0.39, 0.29) is 11.8 Å². The molecule has 25 heavy (non-hydrogen) atoms. The van der Waals surface area contributed by atoms with Crippen LogP contribution in [0.25, 0.3) is 6.08 Å². The maximum atomic E-state index is 11.9. The number of rotatable bonds is 8. The molecule has 0 radical (unpaired) electrons. The van der Waals surface area contributed by atoms with Crippen molar-refractivity contribution in [1.82, 2.24) is 5.32 Å². The number of aliphatic hydroxyl groups excluding tert-OH is 1. The smallest absolute Gasteiger partial charge is 0.156 e. The first-order valence-corrected chi connectivity index (χ1v) is 8.85. The van der Waals surface area contributed by atoms with Gasteiger partial charge in [-0.25, -0.2) is 0 Å². The molecule has 5 heteroatoms. The van der Waals surface area contributed by atoms with Gasteiger partial charge in [0.2, 0.25) is 0 Å². The Morgan fingerprint density at radius 1 is 1.16 bits per heavy atom. The quantitative estimate of drug-likeness (QED) is 0.656. The molecule has 0 saturated carbocycles. The normalized spacial score (nSPS) is 13.8. The Hall–Kier alpha value is -1.65. The molecule has 0 aliphatic rings. The molecular formula is C20H21Cl2NO2. The average Bonchev–Trinajstić information content (AvgIpc) is 2.62. The van der Waals surface area contributed by atoms with E-state index in [0.29, 0.717) is 23.0 Å². The van der Waals surface area contributed by atoms with E-state index in [4.69, 9.17) is 23.2 Å². The van der Waals surface area contributed by atoms with Gasteiger partial charge < -0.3 is 10.4 Å². The first-order valence-electron chi connectivity index (χ1n) is 8.09. The first kappa shape index (κ1) is 19.7. The topological polar surface area (TPSA) is 49.3 Å². The lowest BCUT2D eigenvalue weighted by Crippen LogP contribution is -2.33. The Morgan fingerprint density at radius 3 is 2.56 bits per heavy atom. The lowest BCUT2D eigenvalue weighted by Gasteiger charge is -2.20. The van der Waals surface area contributed by atoms with Gasteiger partial charge in [-0.05, 0) is 36.3 Å². The fourth-order valence-corrected chi connectivity index (χ4v) is 2.67. The second kappa shape index (κ2) is 9.73. The monoisotopic (exact) mass is 377 g/mol. The number of nitrogens with one attached hydrogen (secondary N) is 1. The molecule has 3 nitrogen and oxygen atoms in total. The van der Waals surface area contributed by atoms with Crippen molar-refractivity contribution in [3.63, 3.8) is 0 Å². The molecular weight excluding hydrogens is 357 g/mol. The summed E-state index contributed by atoms with van der Waals surface area (Å²) >= 11 is 11.8. The Bertz CT molecular complexity index is 732.